The first-order valence-electron chi connectivity index (χ1n) is 5.74. The van der Waals surface area contributed by atoms with Gasteiger partial charge in [0, 0.05) is 25.2 Å². The molecule has 1 rings (SSSR count). The molecule has 0 heterocycles. The molecule has 0 unspecified atom stereocenters. The molecule has 1 aromatic rings. The maximum absolute atomic E-state index is 11.7. The number of amides is 2. The van der Waals surface area contributed by atoms with E-state index in [-0.39, 0.29) is 5.91 Å². The van der Waals surface area contributed by atoms with Crippen LogP contribution in [0.1, 0.15) is 20.8 Å². The highest BCUT2D eigenvalue weighted by Gasteiger charge is 2.15. The fraction of sp³-hybridized carbons (Fsp3) is 0.308. The average Bonchev–Trinajstić information content (AvgIpc) is 2.30. The molecule has 6 heteroatoms. The van der Waals surface area contributed by atoms with Crippen LogP contribution in [0.4, 0.5) is 11.4 Å². The van der Waals surface area contributed by atoms with Crippen molar-refractivity contribution in [2.45, 2.75) is 26.9 Å². The number of anilines is 2. The van der Waals surface area contributed by atoms with E-state index in [4.69, 9.17) is 4.74 Å². The fourth-order valence-electron chi connectivity index (χ4n) is 1.39. The standard InChI is InChI=1S/C13H16N2O4/c1-8(19-10(3)17)13(18)15-12-6-4-11(5-7-12)14-9(2)16/h4-8H,1-3H3,(H,14,16)(H,15,18)/t8-/m1/s1. The fourth-order valence-corrected chi connectivity index (χ4v) is 1.39. The van der Waals surface area contributed by atoms with E-state index in [1.807, 2.05) is 0 Å². The summed E-state index contributed by atoms with van der Waals surface area (Å²) in [5.41, 5.74) is 1.19. The zero-order chi connectivity index (χ0) is 14.4. The van der Waals surface area contributed by atoms with Gasteiger partial charge in [0.15, 0.2) is 6.10 Å². The van der Waals surface area contributed by atoms with Crippen LogP contribution in [0.3, 0.4) is 0 Å². The number of hydrogen-bond donors (Lipinski definition) is 2. The van der Waals surface area contributed by atoms with E-state index in [9.17, 15) is 14.4 Å². The third-order valence-corrected chi connectivity index (χ3v) is 2.18. The van der Waals surface area contributed by atoms with Gasteiger partial charge in [0.05, 0.1) is 0 Å². The first-order chi connectivity index (χ1) is 8.88. The van der Waals surface area contributed by atoms with Gasteiger partial charge in [-0.15, -0.1) is 0 Å². The minimum atomic E-state index is -0.854. The highest BCUT2D eigenvalue weighted by molar-refractivity contribution is 5.95. The minimum absolute atomic E-state index is 0.166. The number of rotatable bonds is 4. The topological polar surface area (TPSA) is 84.5 Å². The summed E-state index contributed by atoms with van der Waals surface area (Å²) in [5.74, 6) is -1.09. The molecule has 0 aliphatic rings. The number of hydrogen-bond acceptors (Lipinski definition) is 4. The van der Waals surface area contributed by atoms with Crippen LogP contribution >= 0.6 is 0 Å². The molecule has 102 valence electrons. The summed E-state index contributed by atoms with van der Waals surface area (Å²) in [6.07, 6.45) is -0.854. The van der Waals surface area contributed by atoms with E-state index >= 15 is 0 Å². The van der Waals surface area contributed by atoms with Crippen molar-refractivity contribution in [3.05, 3.63) is 24.3 Å². The summed E-state index contributed by atoms with van der Waals surface area (Å²) in [6.45, 7) is 4.14. The molecule has 2 amide bonds. The van der Waals surface area contributed by atoms with E-state index in [0.717, 1.165) is 0 Å². The molecule has 1 atom stereocenters. The smallest absolute Gasteiger partial charge is 0.303 e. The van der Waals surface area contributed by atoms with Gasteiger partial charge in [0.25, 0.3) is 5.91 Å². The van der Waals surface area contributed by atoms with E-state index in [1.54, 1.807) is 24.3 Å². The zero-order valence-electron chi connectivity index (χ0n) is 11.0. The summed E-state index contributed by atoms with van der Waals surface area (Å²) in [7, 11) is 0. The van der Waals surface area contributed by atoms with Gasteiger partial charge in [-0.3, -0.25) is 14.4 Å². The molecule has 2 N–H and O–H groups in total. The molecule has 0 saturated carbocycles. The van der Waals surface area contributed by atoms with Crippen LogP contribution < -0.4 is 10.6 Å². The molecule has 6 nitrogen and oxygen atoms in total. The lowest BCUT2D eigenvalue weighted by Crippen LogP contribution is -2.29. The van der Waals surface area contributed by atoms with Gasteiger partial charge < -0.3 is 15.4 Å². The lowest BCUT2D eigenvalue weighted by atomic mass is 10.2. The Hall–Kier alpha value is -2.37. The molecular formula is C13H16N2O4. The average molecular weight is 264 g/mol. The normalized spacial score (nSPS) is 11.3. The number of carbonyl (C=O) groups excluding carboxylic acids is 3. The van der Waals surface area contributed by atoms with Crippen LogP contribution in [0.5, 0.6) is 0 Å². The largest absolute Gasteiger partial charge is 0.453 e. The van der Waals surface area contributed by atoms with E-state index in [0.29, 0.717) is 11.4 Å². The van der Waals surface area contributed by atoms with Gasteiger partial charge >= 0.3 is 5.97 Å². The predicted octanol–water partition coefficient (Wildman–Crippen LogP) is 1.54. The van der Waals surface area contributed by atoms with Gasteiger partial charge in [-0.1, -0.05) is 0 Å². The maximum Gasteiger partial charge on any atom is 0.303 e. The Kier molecular flexibility index (Phi) is 5.05. The molecule has 1 aromatic carbocycles. The Morgan fingerprint density at radius 1 is 1.00 bits per heavy atom. The zero-order valence-corrected chi connectivity index (χ0v) is 11.0. The van der Waals surface area contributed by atoms with Crippen molar-refractivity contribution >= 4 is 29.2 Å². The lowest BCUT2D eigenvalue weighted by molar-refractivity contribution is -0.150. The number of esters is 1. The van der Waals surface area contributed by atoms with Crippen LogP contribution in [0.2, 0.25) is 0 Å². The van der Waals surface area contributed by atoms with Crippen molar-refractivity contribution in [3.8, 4) is 0 Å². The predicted molar refractivity (Wildman–Crippen MR) is 70.6 cm³/mol. The van der Waals surface area contributed by atoms with Crippen LogP contribution in [0.25, 0.3) is 0 Å². The second-order valence-electron chi connectivity index (χ2n) is 4.00. The van der Waals surface area contributed by atoms with Gasteiger partial charge in [-0.2, -0.15) is 0 Å². The Morgan fingerprint density at radius 3 is 1.89 bits per heavy atom. The summed E-state index contributed by atoms with van der Waals surface area (Å²) >= 11 is 0. The molecule has 0 aromatic heterocycles. The highest BCUT2D eigenvalue weighted by Crippen LogP contribution is 2.14. The quantitative estimate of drug-likeness (QED) is 0.808. The molecule has 0 radical (unpaired) electrons. The Balaban J connectivity index is 2.60. The van der Waals surface area contributed by atoms with Crippen molar-refractivity contribution < 1.29 is 19.1 Å². The van der Waals surface area contributed by atoms with Crippen molar-refractivity contribution in [1.82, 2.24) is 0 Å². The molecule has 0 aliphatic heterocycles. The van der Waals surface area contributed by atoms with Crippen molar-refractivity contribution in [2.75, 3.05) is 10.6 Å². The van der Waals surface area contributed by atoms with Crippen molar-refractivity contribution in [1.29, 1.82) is 0 Å². The number of nitrogens with one attached hydrogen (secondary N) is 2. The summed E-state index contributed by atoms with van der Waals surface area (Å²) in [5, 5.41) is 5.21. The minimum Gasteiger partial charge on any atom is -0.453 e. The number of benzene rings is 1. The third kappa shape index (κ3) is 5.20. The Bertz CT molecular complexity index is 482. The van der Waals surface area contributed by atoms with Gasteiger partial charge in [-0.25, -0.2) is 0 Å². The molecule has 0 fully saturated rings. The van der Waals surface area contributed by atoms with Crippen LogP contribution in [-0.2, 0) is 19.1 Å². The summed E-state index contributed by atoms with van der Waals surface area (Å²) in [6, 6.07) is 6.61. The first-order valence-corrected chi connectivity index (χ1v) is 5.74. The van der Waals surface area contributed by atoms with Crippen LogP contribution in [0.15, 0.2) is 24.3 Å². The van der Waals surface area contributed by atoms with E-state index in [1.165, 1.54) is 20.8 Å². The second-order valence-corrected chi connectivity index (χ2v) is 4.00. The maximum atomic E-state index is 11.7. The van der Waals surface area contributed by atoms with Gasteiger partial charge in [0.1, 0.15) is 0 Å². The highest BCUT2D eigenvalue weighted by atomic mass is 16.5. The monoisotopic (exact) mass is 264 g/mol. The lowest BCUT2D eigenvalue weighted by Gasteiger charge is -2.12. The van der Waals surface area contributed by atoms with Gasteiger partial charge in [-0.05, 0) is 31.2 Å². The molecule has 0 saturated heterocycles. The molecule has 0 spiro atoms. The van der Waals surface area contributed by atoms with Gasteiger partial charge in [0.2, 0.25) is 5.91 Å². The van der Waals surface area contributed by atoms with E-state index in [2.05, 4.69) is 10.6 Å². The SMILES string of the molecule is CC(=O)Nc1ccc(NC(=O)[C@@H](C)OC(C)=O)cc1. The number of carbonyl (C=O) groups is 3. The van der Waals surface area contributed by atoms with Crippen molar-refractivity contribution in [2.24, 2.45) is 0 Å². The molecule has 19 heavy (non-hydrogen) atoms. The van der Waals surface area contributed by atoms with Crippen LogP contribution in [-0.4, -0.2) is 23.9 Å². The first kappa shape index (κ1) is 14.7. The molecular weight excluding hydrogens is 248 g/mol. The Morgan fingerprint density at radius 2 is 1.47 bits per heavy atom. The summed E-state index contributed by atoms with van der Waals surface area (Å²) in [4.78, 5) is 33.2. The van der Waals surface area contributed by atoms with E-state index < -0.39 is 18.0 Å². The summed E-state index contributed by atoms with van der Waals surface area (Å²) < 4.78 is 4.75. The molecule has 0 aliphatic carbocycles. The third-order valence-electron chi connectivity index (χ3n) is 2.18. The van der Waals surface area contributed by atoms with Crippen LogP contribution in [0, 0.1) is 0 Å². The van der Waals surface area contributed by atoms with Crippen molar-refractivity contribution in [3.63, 3.8) is 0 Å². The Labute approximate surface area is 111 Å². The molecule has 0 bridgehead atoms. The number of ether oxygens (including phenoxy) is 1. The second kappa shape index (κ2) is 6.53.